The Labute approximate surface area is 825 Å². The molecule has 5 aromatic carbocycles. The van der Waals surface area contributed by atoms with Gasteiger partial charge in [0.15, 0.2) is 23.2 Å². The zero-order chi connectivity index (χ0) is 96.4. The van der Waals surface area contributed by atoms with Gasteiger partial charge in [0.25, 0.3) is 11.8 Å². The number of carbonyl (C=O) groups is 10. The van der Waals surface area contributed by atoms with Crippen molar-refractivity contribution in [3.8, 4) is 0 Å². The number of carbonyl (C=O) groups excluding carboxylic acids is 10. The van der Waals surface area contributed by atoms with Crippen LogP contribution < -0.4 is 36.8 Å². The number of likely N-dealkylation sites (tertiary alicyclic amines) is 2. The maximum Gasteiger partial charge on any atom is 0.323 e. The summed E-state index contributed by atoms with van der Waals surface area (Å²) in [6, 6.07) is 43.1. The van der Waals surface area contributed by atoms with Crippen molar-refractivity contribution >= 4 is 123 Å². The lowest BCUT2D eigenvalue weighted by Gasteiger charge is -2.42. The number of urea groups is 4. The van der Waals surface area contributed by atoms with E-state index >= 15 is 0 Å². The minimum atomic E-state index is -0.660. The van der Waals surface area contributed by atoms with Crippen LogP contribution in [-0.4, -0.2) is 289 Å². The molecule has 7 aliphatic heterocycles. The summed E-state index contributed by atoms with van der Waals surface area (Å²) in [6.45, 7) is 33.6. The molecule has 4 fully saturated rings. The van der Waals surface area contributed by atoms with E-state index < -0.39 is 16.6 Å². The molecule has 3 aromatic heterocycles. The third-order valence-electron chi connectivity index (χ3n) is 26.8. The molecular formula is C100H138N24O10S3. The highest BCUT2D eigenvalue weighted by atomic mass is 32.1. The molecule has 34 nitrogen and oxygen atoms in total. The number of piperazine rings is 2. The molecule has 7 aliphatic rings. The van der Waals surface area contributed by atoms with Crippen LogP contribution in [0, 0.1) is 5.92 Å². The Kier molecular flexibility index (Phi) is 36.1. The van der Waals surface area contributed by atoms with Crippen molar-refractivity contribution < 1.29 is 47.9 Å². The average molecular weight is 1930 g/mol. The van der Waals surface area contributed by atoms with Crippen LogP contribution in [0.25, 0.3) is 0 Å². The van der Waals surface area contributed by atoms with Gasteiger partial charge in [0.05, 0.1) is 71.5 Å². The number of likely N-dealkylation sites (N-methyl/N-ethyl adjacent to an activating group) is 3. The predicted molar refractivity (Wildman–Crippen MR) is 549 cm³/mol. The molecule has 37 heteroatoms. The van der Waals surface area contributed by atoms with Crippen LogP contribution >= 0.6 is 40.5 Å². The summed E-state index contributed by atoms with van der Waals surface area (Å²) in [5.74, 6) is 0.360. The fourth-order valence-electron chi connectivity index (χ4n) is 19.7. The quantitative estimate of drug-likeness (QED) is 0.0242. The SMILES string of the molecule is C=CC(=O)N1CCN(C2CCN(C(=O)Nc3nn(C)c4c3CN(C(=O)N[C@H](CN(C)C)c3ccccc3)C4(C)C)CC2)CC1.C=CC(=O)N1CCN(c2ccc(C(=O)Nc3nn(C)c4c3CN(C(=O)N[C@H](CN(C)C)c3ccccc3)C4(C)C)cc2)CC1.C=CC(=O)c1ccc(C(=O)N2CCC(C(=O)Nc3nn(C)c4c3CN(C(=O)N[C@H](CN(C)C)c3ccccc3)C4(C)C)CC2)cc1.S.S.S. The fourth-order valence-corrected chi connectivity index (χ4v) is 19.7. The highest BCUT2D eigenvalue weighted by molar-refractivity contribution is 7.59. The van der Waals surface area contributed by atoms with Crippen LogP contribution in [0.15, 0.2) is 177 Å². The van der Waals surface area contributed by atoms with Gasteiger partial charge in [0, 0.05) is 170 Å². The van der Waals surface area contributed by atoms with E-state index in [-0.39, 0.29) is 124 Å². The summed E-state index contributed by atoms with van der Waals surface area (Å²) in [7, 11) is 17.5. The Morgan fingerprint density at radius 3 is 1.10 bits per heavy atom. The van der Waals surface area contributed by atoms with Crippen LogP contribution in [0.3, 0.4) is 0 Å². The van der Waals surface area contributed by atoms with Gasteiger partial charge in [0.1, 0.15) is 0 Å². The standard InChI is InChI=1S/C35H43N7O4.C33H42N8O3.C32H47N9O3.3H2S/c1-7-29(43)24-13-15-26(16-14-24)33(45)41-19-17-25(18-20-41)32(44)37-31-27-21-42(35(2,3)30(27)40(6)38-31)34(46)36-28(22-39(4)5)23-11-9-8-10-12-23;1-7-28(42)40-19-17-39(18-20-40)25-15-13-24(14-16-25)31(43)35-30-26-21-41(33(2,3)29(26)38(6)36-30)32(44)34-27(22-37(4)5)23-11-9-8-10-12-23;1-7-27(42)39-19-17-38(18-20-39)24-13-15-40(16-14-24)30(43)34-29-25-21-41(32(2,3)28(25)37(6)35-29)31(44)33-26(22-36(4)5)23-11-9-8-10-12-23;;;/h7-16,25,28H,1,17-22H2,2-6H3,(H,36,46)(H,37,38,44);7-16,27H,1,17-22H2,2-6H3,(H,34,44)(H,35,36,43);7-12,24,26H,1,13-22H2,2-6H3,(H,33,44)(H,34,35,43);3*1H2/t28-;27-;26-;;;/m111.../s1. The molecule has 0 unspecified atom stereocenters. The summed E-state index contributed by atoms with van der Waals surface area (Å²) in [5, 5.41) is 32.7. The van der Waals surface area contributed by atoms with Crippen LogP contribution in [0.5, 0.6) is 0 Å². The number of piperidine rings is 2. The molecule has 0 bridgehead atoms. The van der Waals surface area contributed by atoms with Crippen molar-refractivity contribution in [3.05, 3.63) is 245 Å². The van der Waals surface area contributed by atoms with Crippen molar-refractivity contribution in [2.75, 3.05) is 161 Å². The van der Waals surface area contributed by atoms with Gasteiger partial charge in [-0.1, -0.05) is 123 Å². The van der Waals surface area contributed by atoms with E-state index in [4.69, 9.17) is 0 Å². The molecular weight excluding hydrogens is 1790 g/mol. The molecule has 4 saturated heterocycles. The Balaban J connectivity index is 0.000000210. The first-order valence-corrected chi connectivity index (χ1v) is 46.1. The van der Waals surface area contributed by atoms with Gasteiger partial charge in [-0.25, -0.2) is 19.2 Å². The number of amides is 13. The molecule has 6 N–H and O–H groups in total. The van der Waals surface area contributed by atoms with Gasteiger partial charge >= 0.3 is 24.1 Å². The van der Waals surface area contributed by atoms with E-state index in [9.17, 15) is 47.9 Å². The van der Waals surface area contributed by atoms with Crippen molar-refractivity contribution in [1.82, 2.24) is 99.2 Å². The fraction of sp³-hybridized carbons (Fsp3) is 0.450. The van der Waals surface area contributed by atoms with Crippen LogP contribution in [0.4, 0.5) is 42.3 Å². The number of ketones is 1. The molecule has 0 spiro atoms. The third kappa shape index (κ3) is 24.5. The smallest absolute Gasteiger partial charge is 0.323 e. The maximum atomic E-state index is 13.8. The van der Waals surface area contributed by atoms with Gasteiger partial charge in [-0.15, -0.1) is 0 Å². The monoisotopic (exact) mass is 1930 g/mol. The number of hydrogen-bond donors (Lipinski definition) is 6. The lowest BCUT2D eigenvalue weighted by Crippen LogP contribution is -2.54. The Hall–Kier alpha value is -12.3. The van der Waals surface area contributed by atoms with Crippen molar-refractivity contribution in [2.45, 2.75) is 128 Å². The van der Waals surface area contributed by atoms with Gasteiger partial charge in [0.2, 0.25) is 17.7 Å². The van der Waals surface area contributed by atoms with E-state index in [0.29, 0.717) is 158 Å². The number of benzene rings is 5. The van der Waals surface area contributed by atoms with Gasteiger partial charge in [-0.05, 0) is 181 Å². The second-order valence-corrected chi connectivity index (χ2v) is 37.8. The van der Waals surface area contributed by atoms with Crippen molar-refractivity contribution in [2.24, 2.45) is 27.1 Å². The van der Waals surface area contributed by atoms with Gasteiger partial charge in [-0.3, -0.25) is 53.0 Å². The largest absolute Gasteiger partial charge is 0.368 e. The van der Waals surface area contributed by atoms with E-state index in [1.807, 2.05) is 228 Å². The van der Waals surface area contributed by atoms with Crippen molar-refractivity contribution in [1.29, 1.82) is 0 Å². The lowest BCUT2D eigenvalue weighted by atomic mass is 9.95. The third-order valence-corrected chi connectivity index (χ3v) is 26.8. The molecule has 0 radical (unpaired) electrons. The topological polar surface area (TPSA) is 335 Å². The predicted octanol–water partition coefficient (Wildman–Crippen LogP) is 11.1. The normalized spacial score (nSPS) is 17.1. The summed E-state index contributed by atoms with van der Waals surface area (Å²) in [5.41, 5.74) is 8.87. The number of fused-ring (bicyclic) bond motifs is 3. The molecule has 0 saturated carbocycles. The molecule has 10 heterocycles. The molecule has 8 aromatic rings. The summed E-state index contributed by atoms with van der Waals surface area (Å²) >= 11 is 0. The summed E-state index contributed by atoms with van der Waals surface area (Å²) < 4.78 is 5.30. The molecule has 137 heavy (non-hydrogen) atoms. The number of anilines is 4. The number of aryl methyl sites for hydroxylation is 3. The Morgan fingerprint density at radius 1 is 0.394 bits per heavy atom. The number of aromatic nitrogens is 6. The second-order valence-electron chi connectivity index (χ2n) is 37.8. The van der Waals surface area contributed by atoms with Gasteiger partial charge < -0.3 is 80.5 Å². The number of nitrogens with one attached hydrogen (secondary N) is 6. The van der Waals surface area contributed by atoms with E-state index in [1.165, 1.54) is 18.2 Å². The van der Waals surface area contributed by atoms with E-state index in [2.05, 4.69) is 86.5 Å². The average Bonchev–Trinajstić information content (AvgIpc) is 1.59. The first kappa shape index (κ1) is 107. The summed E-state index contributed by atoms with van der Waals surface area (Å²) in [6.07, 6.45) is 6.79. The minimum Gasteiger partial charge on any atom is -0.368 e. The number of rotatable bonds is 24. The minimum absolute atomic E-state index is 0. The zero-order valence-electron chi connectivity index (χ0n) is 81.7. The van der Waals surface area contributed by atoms with Crippen LogP contribution in [0.2, 0.25) is 0 Å². The highest BCUT2D eigenvalue weighted by Crippen LogP contribution is 2.46. The maximum absolute atomic E-state index is 13.8. The Morgan fingerprint density at radius 2 is 0.737 bits per heavy atom. The van der Waals surface area contributed by atoms with Gasteiger partial charge in [-0.2, -0.15) is 55.8 Å². The number of nitrogens with zero attached hydrogens (tertiary/aromatic N) is 18. The van der Waals surface area contributed by atoms with E-state index in [1.54, 1.807) is 70.0 Å². The molecule has 736 valence electrons. The van der Waals surface area contributed by atoms with Crippen LogP contribution in [0.1, 0.15) is 167 Å². The van der Waals surface area contributed by atoms with Crippen LogP contribution in [-0.2, 0) is 71.8 Å². The van der Waals surface area contributed by atoms with Crippen molar-refractivity contribution in [3.63, 3.8) is 0 Å². The lowest BCUT2D eigenvalue weighted by molar-refractivity contribution is -0.128. The molecule has 15 rings (SSSR count). The van der Waals surface area contributed by atoms with E-state index in [0.717, 1.165) is 82.1 Å². The molecule has 0 aliphatic carbocycles. The second kappa shape index (κ2) is 46.3. The Bertz CT molecular complexity index is 5600. The highest BCUT2D eigenvalue weighted by Gasteiger charge is 2.50. The number of hydrogen-bond acceptors (Lipinski definition) is 18. The first-order valence-electron chi connectivity index (χ1n) is 46.1. The molecule has 3 atom stereocenters. The number of allylic oxidation sites excluding steroid dienone is 1. The molecule has 13 amide bonds. The zero-order valence-corrected chi connectivity index (χ0v) is 84.7. The summed E-state index contributed by atoms with van der Waals surface area (Å²) in [4.78, 5) is 154. The first-order chi connectivity index (χ1) is 63.9.